The summed E-state index contributed by atoms with van der Waals surface area (Å²) in [4.78, 5) is 12.9. The Balaban J connectivity index is 1.88. The molecule has 0 unspecified atom stereocenters. The van der Waals surface area contributed by atoms with Crippen LogP contribution in [0.15, 0.2) is 36.4 Å². The largest absolute Gasteiger partial charge is 0.341 e. The van der Waals surface area contributed by atoms with Gasteiger partial charge in [-0.25, -0.2) is 0 Å². The van der Waals surface area contributed by atoms with Gasteiger partial charge < -0.3 is 5.32 Å². The van der Waals surface area contributed by atoms with Gasteiger partial charge in [0.25, 0.3) is 5.91 Å². The topological polar surface area (TPSA) is 46.9 Å². The van der Waals surface area contributed by atoms with E-state index in [2.05, 4.69) is 36.4 Å². The molecule has 1 aliphatic carbocycles. The molecular weight excluding hydrogens is 286 g/mol. The average Bonchev–Trinajstić information content (AvgIpc) is 3.16. The van der Waals surface area contributed by atoms with Gasteiger partial charge in [0.05, 0.1) is 11.2 Å². The lowest BCUT2D eigenvalue weighted by atomic mass is 9.88. The van der Waals surface area contributed by atoms with Crippen LogP contribution in [0.3, 0.4) is 0 Å². The highest BCUT2D eigenvalue weighted by Crippen LogP contribution is 2.38. The highest BCUT2D eigenvalue weighted by Gasteiger charge is 2.37. The normalized spacial score (nSPS) is 16.7. The zero-order chi connectivity index (χ0) is 16.4. The van der Waals surface area contributed by atoms with Crippen LogP contribution in [0.5, 0.6) is 0 Å². The Labute approximate surface area is 137 Å². The van der Waals surface area contributed by atoms with E-state index in [9.17, 15) is 4.79 Å². The summed E-state index contributed by atoms with van der Waals surface area (Å²) in [6.07, 6.45) is 4.30. The van der Waals surface area contributed by atoms with Gasteiger partial charge in [-0.3, -0.25) is 9.48 Å². The third-order valence-corrected chi connectivity index (χ3v) is 4.86. The predicted octanol–water partition coefficient (Wildman–Crippen LogP) is 3.74. The van der Waals surface area contributed by atoms with Crippen LogP contribution in [0.1, 0.15) is 67.2 Å². The molecule has 23 heavy (non-hydrogen) atoms. The average molecular weight is 311 g/mol. The Kier molecular flexibility index (Phi) is 4.24. The van der Waals surface area contributed by atoms with Crippen molar-refractivity contribution in [2.75, 3.05) is 0 Å². The number of hydrogen-bond donors (Lipinski definition) is 1. The van der Waals surface area contributed by atoms with Gasteiger partial charge in [-0.05, 0) is 30.4 Å². The molecule has 1 fully saturated rings. The van der Waals surface area contributed by atoms with Gasteiger partial charge >= 0.3 is 0 Å². The minimum atomic E-state index is -0.236. The monoisotopic (exact) mass is 311 g/mol. The number of carbonyl (C=O) groups is 1. The van der Waals surface area contributed by atoms with Crippen molar-refractivity contribution >= 4 is 5.91 Å². The zero-order valence-electron chi connectivity index (χ0n) is 14.2. The van der Waals surface area contributed by atoms with Gasteiger partial charge in [0.1, 0.15) is 5.69 Å². The third kappa shape index (κ3) is 3.03. The Morgan fingerprint density at radius 1 is 1.22 bits per heavy atom. The van der Waals surface area contributed by atoms with E-state index in [-0.39, 0.29) is 11.4 Å². The van der Waals surface area contributed by atoms with Crippen molar-refractivity contribution in [3.8, 4) is 0 Å². The lowest BCUT2D eigenvalue weighted by Gasteiger charge is -2.31. The maximum Gasteiger partial charge on any atom is 0.270 e. The standard InChI is InChI=1S/C19H25N3O/c1-14(2)16-13-17(22(3)21-16)18(23)20-19(11-7-8-12-19)15-9-5-4-6-10-15/h4-6,9-10,13-14H,7-8,11-12H2,1-3H3,(H,20,23). The van der Waals surface area contributed by atoms with Crippen molar-refractivity contribution in [3.05, 3.63) is 53.3 Å². The molecule has 0 bridgehead atoms. The molecule has 1 heterocycles. The molecule has 122 valence electrons. The van der Waals surface area contributed by atoms with Crippen LogP contribution in [0.2, 0.25) is 0 Å². The molecule has 3 rings (SSSR count). The first kappa shape index (κ1) is 15.8. The number of nitrogens with one attached hydrogen (secondary N) is 1. The molecule has 1 aromatic heterocycles. The van der Waals surface area contributed by atoms with Crippen molar-refractivity contribution in [2.24, 2.45) is 7.05 Å². The molecular formula is C19H25N3O. The summed E-state index contributed by atoms with van der Waals surface area (Å²) in [6, 6.07) is 12.3. The number of benzene rings is 1. The molecule has 0 aliphatic heterocycles. The van der Waals surface area contributed by atoms with Crippen LogP contribution in [-0.2, 0) is 12.6 Å². The van der Waals surface area contributed by atoms with Crippen LogP contribution >= 0.6 is 0 Å². The van der Waals surface area contributed by atoms with Crippen molar-refractivity contribution < 1.29 is 4.79 Å². The van der Waals surface area contributed by atoms with Gasteiger partial charge in [-0.2, -0.15) is 5.10 Å². The van der Waals surface area contributed by atoms with Gasteiger partial charge in [-0.15, -0.1) is 0 Å². The molecule has 1 aromatic carbocycles. The first-order valence-corrected chi connectivity index (χ1v) is 8.44. The summed E-state index contributed by atoms with van der Waals surface area (Å²) >= 11 is 0. The fourth-order valence-corrected chi connectivity index (χ4v) is 3.49. The number of carbonyl (C=O) groups excluding carboxylic acids is 1. The third-order valence-electron chi connectivity index (χ3n) is 4.86. The molecule has 1 amide bonds. The van der Waals surface area contributed by atoms with Crippen LogP contribution in [0.25, 0.3) is 0 Å². The van der Waals surface area contributed by atoms with Crippen molar-refractivity contribution in [1.82, 2.24) is 15.1 Å². The SMILES string of the molecule is CC(C)c1cc(C(=O)NC2(c3ccccc3)CCCC2)n(C)n1. The number of nitrogens with zero attached hydrogens (tertiary/aromatic N) is 2. The summed E-state index contributed by atoms with van der Waals surface area (Å²) in [5.41, 5.74) is 2.56. The summed E-state index contributed by atoms with van der Waals surface area (Å²) in [6.45, 7) is 4.18. The molecule has 0 atom stereocenters. The maximum atomic E-state index is 12.9. The van der Waals surface area contributed by atoms with E-state index in [4.69, 9.17) is 0 Å². The summed E-state index contributed by atoms with van der Waals surface area (Å²) in [5, 5.41) is 7.78. The van der Waals surface area contributed by atoms with Crippen molar-refractivity contribution in [1.29, 1.82) is 0 Å². The van der Waals surface area contributed by atoms with Crippen LogP contribution in [0, 0.1) is 0 Å². The highest BCUT2D eigenvalue weighted by molar-refractivity contribution is 5.93. The summed E-state index contributed by atoms with van der Waals surface area (Å²) in [5.74, 6) is 0.287. The second-order valence-electron chi connectivity index (χ2n) is 6.84. The molecule has 0 radical (unpaired) electrons. The lowest BCUT2D eigenvalue weighted by molar-refractivity contribution is 0.0888. The number of aryl methyl sites for hydroxylation is 1. The van der Waals surface area contributed by atoms with E-state index in [0.29, 0.717) is 11.6 Å². The van der Waals surface area contributed by atoms with E-state index in [0.717, 1.165) is 31.4 Å². The predicted molar refractivity (Wildman–Crippen MR) is 91.4 cm³/mol. The number of rotatable bonds is 4. The van der Waals surface area contributed by atoms with Crippen molar-refractivity contribution in [2.45, 2.75) is 51.0 Å². The lowest BCUT2D eigenvalue weighted by Crippen LogP contribution is -2.44. The maximum absolute atomic E-state index is 12.9. The Morgan fingerprint density at radius 2 is 1.87 bits per heavy atom. The first-order chi connectivity index (χ1) is 11.0. The van der Waals surface area contributed by atoms with E-state index in [1.165, 1.54) is 5.56 Å². The van der Waals surface area contributed by atoms with E-state index < -0.39 is 0 Å². The summed E-state index contributed by atoms with van der Waals surface area (Å²) < 4.78 is 1.69. The second kappa shape index (κ2) is 6.19. The number of hydrogen-bond acceptors (Lipinski definition) is 2. The van der Waals surface area contributed by atoms with E-state index >= 15 is 0 Å². The van der Waals surface area contributed by atoms with Crippen molar-refractivity contribution in [3.63, 3.8) is 0 Å². The smallest absolute Gasteiger partial charge is 0.270 e. The van der Waals surface area contributed by atoms with Gasteiger partial charge in [0, 0.05) is 7.05 Å². The van der Waals surface area contributed by atoms with E-state index in [1.807, 2.05) is 31.3 Å². The molecule has 1 N–H and O–H groups in total. The fourth-order valence-electron chi connectivity index (χ4n) is 3.49. The first-order valence-electron chi connectivity index (χ1n) is 8.44. The number of amides is 1. The Hall–Kier alpha value is -2.10. The van der Waals surface area contributed by atoms with Crippen LogP contribution in [0.4, 0.5) is 0 Å². The molecule has 1 saturated carbocycles. The zero-order valence-corrected chi connectivity index (χ0v) is 14.2. The minimum absolute atomic E-state index is 0.0300. The summed E-state index contributed by atoms with van der Waals surface area (Å²) in [7, 11) is 1.84. The second-order valence-corrected chi connectivity index (χ2v) is 6.84. The molecule has 0 spiro atoms. The molecule has 2 aromatic rings. The Morgan fingerprint density at radius 3 is 2.43 bits per heavy atom. The van der Waals surface area contributed by atoms with Gasteiger partial charge in [0.15, 0.2) is 0 Å². The molecule has 0 saturated heterocycles. The molecule has 4 nitrogen and oxygen atoms in total. The van der Waals surface area contributed by atoms with Gasteiger partial charge in [0.2, 0.25) is 0 Å². The highest BCUT2D eigenvalue weighted by atomic mass is 16.2. The Bertz CT molecular complexity index is 682. The fraction of sp³-hybridized carbons (Fsp3) is 0.474. The number of aromatic nitrogens is 2. The van der Waals surface area contributed by atoms with Crippen LogP contribution < -0.4 is 5.32 Å². The van der Waals surface area contributed by atoms with Crippen LogP contribution in [-0.4, -0.2) is 15.7 Å². The quantitative estimate of drug-likeness (QED) is 0.935. The van der Waals surface area contributed by atoms with E-state index in [1.54, 1.807) is 4.68 Å². The van der Waals surface area contributed by atoms with Gasteiger partial charge in [-0.1, -0.05) is 57.0 Å². The molecule has 4 heteroatoms. The molecule has 1 aliphatic rings. The minimum Gasteiger partial charge on any atom is -0.341 e.